The van der Waals surface area contributed by atoms with Crippen LogP contribution in [0.25, 0.3) is 0 Å². The van der Waals surface area contributed by atoms with Gasteiger partial charge in [-0.05, 0) is 18.4 Å². The van der Waals surface area contributed by atoms with Crippen LogP contribution in [-0.4, -0.2) is 36.1 Å². The second-order valence-corrected chi connectivity index (χ2v) is 4.96. The zero-order valence-electron chi connectivity index (χ0n) is 11.2. The van der Waals surface area contributed by atoms with Crippen molar-refractivity contribution in [3.05, 3.63) is 35.9 Å². The summed E-state index contributed by atoms with van der Waals surface area (Å²) in [6.07, 6.45) is 2.14. The topological polar surface area (TPSA) is 99.7 Å². The molecule has 0 spiro atoms. The van der Waals surface area contributed by atoms with Crippen LogP contribution < -0.4 is 16.4 Å². The van der Waals surface area contributed by atoms with Crippen LogP contribution in [0.2, 0.25) is 0 Å². The molecular formula is C14H20N4O2. The number of amidine groups is 1. The molecule has 108 valence electrons. The first-order valence-electron chi connectivity index (χ1n) is 6.73. The molecule has 1 aromatic carbocycles. The molecule has 20 heavy (non-hydrogen) atoms. The van der Waals surface area contributed by atoms with Gasteiger partial charge in [0.15, 0.2) is 0 Å². The van der Waals surface area contributed by atoms with Gasteiger partial charge in [-0.1, -0.05) is 35.5 Å². The van der Waals surface area contributed by atoms with Crippen molar-refractivity contribution in [2.24, 2.45) is 10.9 Å². The van der Waals surface area contributed by atoms with Crippen LogP contribution >= 0.6 is 0 Å². The molecule has 1 aromatic rings. The summed E-state index contributed by atoms with van der Waals surface area (Å²) in [6.45, 7) is 0.677. The fourth-order valence-corrected chi connectivity index (χ4v) is 1.98. The molecule has 1 aliphatic carbocycles. The van der Waals surface area contributed by atoms with Crippen molar-refractivity contribution < 1.29 is 10.0 Å². The number of hydrogen-bond donors (Lipinski definition) is 4. The second-order valence-electron chi connectivity index (χ2n) is 4.96. The quantitative estimate of drug-likeness (QED) is 0.250. The summed E-state index contributed by atoms with van der Waals surface area (Å²) in [6, 6.07) is 9.88. The lowest BCUT2D eigenvalue weighted by molar-refractivity contribution is -0.120. The average molecular weight is 276 g/mol. The molecule has 0 aliphatic heterocycles. The maximum atomic E-state index is 11.6. The highest BCUT2D eigenvalue weighted by atomic mass is 16.4. The third-order valence-corrected chi connectivity index (χ3v) is 3.25. The third kappa shape index (κ3) is 4.24. The highest BCUT2D eigenvalue weighted by Crippen LogP contribution is 2.18. The number of amides is 1. The van der Waals surface area contributed by atoms with E-state index in [0.29, 0.717) is 12.6 Å². The van der Waals surface area contributed by atoms with Crippen LogP contribution in [-0.2, 0) is 4.79 Å². The van der Waals surface area contributed by atoms with Crippen molar-refractivity contribution in [2.45, 2.75) is 24.8 Å². The Morgan fingerprint density at radius 3 is 2.70 bits per heavy atom. The molecule has 1 amide bonds. The summed E-state index contributed by atoms with van der Waals surface area (Å²) in [4.78, 5) is 11.6. The van der Waals surface area contributed by atoms with Gasteiger partial charge < -0.3 is 21.6 Å². The first kappa shape index (κ1) is 14.3. The highest BCUT2D eigenvalue weighted by molar-refractivity contribution is 5.87. The van der Waals surface area contributed by atoms with E-state index < -0.39 is 0 Å². The number of oxime groups is 1. The average Bonchev–Trinajstić information content (AvgIpc) is 3.27. The summed E-state index contributed by atoms with van der Waals surface area (Å²) in [7, 11) is 0. The minimum atomic E-state index is -0.255. The molecule has 1 saturated carbocycles. The van der Waals surface area contributed by atoms with Crippen molar-refractivity contribution in [2.75, 3.05) is 13.1 Å². The standard InChI is InChI=1S/C14H20N4O2/c15-14(18-20)12(10-4-2-1-3-5-10)8-16-9-13(19)17-11-6-7-11/h1-5,11-12,16,20H,6-9H2,(H2,15,18)(H,17,19). The Hall–Kier alpha value is -2.08. The van der Waals surface area contributed by atoms with Gasteiger partial charge in [-0.3, -0.25) is 4.79 Å². The number of carbonyl (C=O) groups excluding carboxylic acids is 1. The minimum Gasteiger partial charge on any atom is -0.409 e. The SMILES string of the molecule is NC(=NO)C(CNCC(=O)NC1CC1)c1ccccc1. The number of hydrogen-bond acceptors (Lipinski definition) is 4. The number of nitrogens with zero attached hydrogens (tertiary/aromatic N) is 1. The number of nitrogens with one attached hydrogen (secondary N) is 2. The molecule has 1 atom stereocenters. The van der Waals surface area contributed by atoms with Crippen molar-refractivity contribution in [1.29, 1.82) is 0 Å². The van der Waals surface area contributed by atoms with Gasteiger partial charge in [0.05, 0.1) is 12.5 Å². The Morgan fingerprint density at radius 1 is 1.40 bits per heavy atom. The van der Waals surface area contributed by atoms with E-state index in [1.807, 2.05) is 30.3 Å². The Morgan fingerprint density at radius 2 is 2.10 bits per heavy atom. The minimum absolute atomic E-state index is 0.0150. The van der Waals surface area contributed by atoms with Gasteiger partial charge in [0.2, 0.25) is 5.91 Å². The molecule has 1 aliphatic rings. The van der Waals surface area contributed by atoms with Gasteiger partial charge >= 0.3 is 0 Å². The number of carbonyl (C=O) groups is 1. The predicted octanol–water partition coefficient (Wildman–Crippen LogP) is 0.385. The van der Waals surface area contributed by atoms with E-state index in [4.69, 9.17) is 10.9 Å². The van der Waals surface area contributed by atoms with Crippen LogP contribution in [0.5, 0.6) is 0 Å². The van der Waals surface area contributed by atoms with E-state index in [-0.39, 0.29) is 24.2 Å². The molecule has 1 unspecified atom stereocenters. The van der Waals surface area contributed by atoms with Gasteiger partial charge in [0.1, 0.15) is 5.84 Å². The van der Waals surface area contributed by atoms with Crippen LogP contribution in [0.1, 0.15) is 24.3 Å². The van der Waals surface area contributed by atoms with Crippen molar-refractivity contribution >= 4 is 11.7 Å². The fourth-order valence-electron chi connectivity index (χ4n) is 1.98. The fraction of sp³-hybridized carbons (Fsp3) is 0.429. The molecule has 0 radical (unpaired) electrons. The first-order chi connectivity index (χ1) is 9.70. The van der Waals surface area contributed by atoms with Crippen LogP contribution in [0.4, 0.5) is 0 Å². The summed E-state index contributed by atoms with van der Waals surface area (Å²) in [5.74, 6) is -0.139. The molecule has 0 saturated heterocycles. The largest absolute Gasteiger partial charge is 0.409 e. The summed E-state index contributed by atoms with van der Waals surface area (Å²) >= 11 is 0. The Bertz CT molecular complexity index is 471. The molecule has 1 fully saturated rings. The van der Waals surface area contributed by atoms with E-state index in [1.165, 1.54) is 0 Å². The van der Waals surface area contributed by atoms with Gasteiger partial charge in [-0.2, -0.15) is 0 Å². The van der Waals surface area contributed by atoms with E-state index in [0.717, 1.165) is 18.4 Å². The van der Waals surface area contributed by atoms with Crippen LogP contribution in [0, 0.1) is 0 Å². The lowest BCUT2D eigenvalue weighted by Crippen LogP contribution is -2.39. The Balaban J connectivity index is 1.86. The Kier molecular flexibility index (Phi) is 4.95. The number of nitrogens with two attached hydrogens (primary N) is 1. The lowest BCUT2D eigenvalue weighted by atomic mass is 9.98. The number of benzene rings is 1. The maximum absolute atomic E-state index is 11.6. The monoisotopic (exact) mass is 276 g/mol. The van der Waals surface area contributed by atoms with Crippen molar-refractivity contribution in [1.82, 2.24) is 10.6 Å². The normalized spacial score (nSPS) is 16.7. The molecule has 0 heterocycles. The molecule has 5 N–H and O–H groups in total. The predicted molar refractivity (Wildman–Crippen MR) is 76.6 cm³/mol. The lowest BCUT2D eigenvalue weighted by Gasteiger charge is -2.16. The summed E-state index contributed by atoms with van der Waals surface area (Å²) in [5.41, 5.74) is 6.66. The second kappa shape index (κ2) is 6.91. The first-order valence-corrected chi connectivity index (χ1v) is 6.73. The van der Waals surface area contributed by atoms with E-state index >= 15 is 0 Å². The van der Waals surface area contributed by atoms with E-state index in [2.05, 4.69) is 15.8 Å². The molecule has 0 aromatic heterocycles. The molecule has 2 rings (SSSR count). The van der Waals surface area contributed by atoms with Crippen LogP contribution in [0.15, 0.2) is 35.5 Å². The van der Waals surface area contributed by atoms with Gasteiger partial charge in [0.25, 0.3) is 0 Å². The van der Waals surface area contributed by atoms with Gasteiger partial charge in [0, 0.05) is 12.6 Å². The smallest absolute Gasteiger partial charge is 0.234 e. The molecular weight excluding hydrogens is 256 g/mol. The van der Waals surface area contributed by atoms with Gasteiger partial charge in [-0.15, -0.1) is 0 Å². The maximum Gasteiger partial charge on any atom is 0.234 e. The third-order valence-electron chi connectivity index (χ3n) is 3.25. The summed E-state index contributed by atoms with van der Waals surface area (Å²) in [5, 5.41) is 17.9. The van der Waals surface area contributed by atoms with Crippen LogP contribution in [0.3, 0.4) is 0 Å². The molecule has 6 heteroatoms. The Labute approximate surface area is 118 Å². The molecule has 6 nitrogen and oxygen atoms in total. The van der Waals surface area contributed by atoms with Crippen molar-refractivity contribution in [3.63, 3.8) is 0 Å². The van der Waals surface area contributed by atoms with Gasteiger partial charge in [-0.25, -0.2) is 0 Å². The zero-order chi connectivity index (χ0) is 14.4. The van der Waals surface area contributed by atoms with E-state index in [1.54, 1.807) is 0 Å². The molecule has 0 bridgehead atoms. The van der Waals surface area contributed by atoms with E-state index in [9.17, 15) is 4.79 Å². The highest BCUT2D eigenvalue weighted by Gasteiger charge is 2.23. The summed E-state index contributed by atoms with van der Waals surface area (Å²) < 4.78 is 0. The zero-order valence-corrected chi connectivity index (χ0v) is 11.2. The number of rotatable bonds is 7. The van der Waals surface area contributed by atoms with Crippen molar-refractivity contribution in [3.8, 4) is 0 Å².